The Morgan fingerprint density at radius 2 is 2.00 bits per heavy atom. The summed E-state index contributed by atoms with van der Waals surface area (Å²) in [6.07, 6.45) is -5.10. The third-order valence-corrected chi connectivity index (χ3v) is 2.44. The number of alkyl halides is 3. The molecule has 0 saturated carbocycles. The second-order valence-corrected chi connectivity index (χ2v) is 4.39. The molecular formula is C7H7F3N2O5S. The average Bonchev–Trinajstić information content (AvgIpc) is 2.16. The van der Waals surface area contributed by atoms with Crippen LogP contribution in [0.3, 0.4) is 0 Å². The number of hydrogen-bond acceptors (Lipinski definition) is 6. The van der Waals surface area contributed by atoms with Crippen molar-refractivity contribution in [2.24, 2.45) is 5.14 Å². The van der Waals surface area contributed by atoms with E-state index >= 15 is 0 Å². The van der Waals surface area contributed by atoms with Gasteiger partial charge in [-0.2, -0.15) is 4.98 Å². The molecule has 102 valence electrons. The first-order chi connectivity index (χ1) is 8.04. The first-order valence-corrected chi connectivity index (χ1v) is 5.66. The summed E-state index contributed by atoms with van der Waals surface area (Å²) in [6.45, 7) is 0. The van der Waals surface area contributed by atoms with Crippen LogP contribution in [0.2, 0.25) is 0 Å². The molecule has 0 aliphatic carbocycles. The number of methoxy groups -OCH3 is 1. The number of primary sulfonamides is 1. The summed E-state index contributed by atoms with van der Waals surface area (Å²) >= 11 is 0. The minimum atomic E-state index is -5.10. The van der Waals surface area contributed by atoms with Gasteiger partial charge < -0.3 is 14.6 Å². The van der Waals surface area contributed by atoms with Gasteiger partial charge in [-0.15, -0.1) is 13.2 Å². The highest BCUT2D eigenvalue weighted by Gasteiger charge is 2.34. The van der Waals surface area contributed by atoms with Crippen LogP contribution in [-0.4, -0.2) is 32.0 Å². The Morgan fingerprint density at radius 1 is 1.44 bits per heavy atom. The number of nitrogens with zero attached hydrogens (tertiary/aromatic N) is 1. The third kappa shape index (κ3) is 3.37. The molecule has 0 saturated heterocycles. The highest BCUT2D eigenvalue weighted by molar-refractivity contribution is 7.89. The summed E-state index contributed by atoms with van der Waals surface area (Å²) in [6, 6.07) is 0.591. The molecule has 0 unspecified atom stereocenters. The molecule has 7 nitrogen and oxygen atoms in total. The van der Waals surface area contributed by atoms with Gasteiger partial charge in [0.15, 0.2) is 11.5 Å². The van der Waals surface area contributed by atoms with E-state index in [4.69, 9.17) is 0 Å². The molecule has 1 aromatic heterocycles. The van der Waals surface area contributed by atoms with Crippen molar-refractivity contribution in [3.63, 3.8) is 0 Å². The number of sulfonamides is 1. The van der Waals surface area contributed by atoms with Crippen molar-refractivity contribution in [3.8, 4) is 17.4 Å². The van der Waals surface area contributed by atoms with E-state index in [9.17, 15) is 26.7 Å². The molecule has 0 atom stereocenters. The van der Waals surface area contributed by atoms with Crippen LogP contribution in [0, 0.1) is 0 Å². The second kappa shape index (κ2) is 4.49. The maximum Gasteiger partial charge on any atom is 0.574 e. The minimum Gasteiger partial charge on any atom is -0.505 e. The monoisotopic (exact) mass is 288 g/mol. The van der Waals surface area contributed by atoms with Gasteiger partial charge in [-0.3, -0.25) is 0 Å². The number of aromatic nitrogens is 1. The molecule has 0 spiro atoms. The Morgan fingerprint density at radius 3 is 2.39 bits per heavy atom. The quantitative estimate of drug-likeness (QED) is 0.829. The van der Waals surface area contributed by atoms with Crippen molar-refractivity contribution in [3.05, 3.63) is 6.07 Å². The van der Waals surface area contributed by atoms with E-state index in [1.54, 1.807) is 0 Å². The lowest BCUT2D eigenvalue weighted by Crippen LogP contribution is -2.20. The number of halogens is 3. The number of nitrogens with two attached hydrogens (primary N) is 1. The van der Waals surface area contributed by atoms with Crippen LogP contribution in [0.1, 0.15) is 0 Å². The van der Waals surface area contributed by atoms with Gasteiger partial charge in [0, 0.05) is 6.07 Å². The minimum absolute atomic E-state index is 0.591. The molecule has 0 aliphatic rings. The molecule has 0 aromatic carbocycles. The van der Waals surface area contributed by atoms with Crippen LogP contribution in [0.4, 0.5) is 13.2 Å². The highest BCUT2D eigenvalue weighted by Crippen LogP contribution is 2.35. The molecule has 1 rings (SSSR count). The maximum atomic E-state index is 12.0. The molecule has 0 radical (unpaired) electrons. The van der Waals surface area contributed by atoms with Gasteiger partial charge >= 0.3 is 6.36 Å². The largest absolute Gasteiger partial charge is 0.574 e. The van der Waals surface area contributed by atoms with Gasteiger partial charge in [-0.1, -0.05) is 0 Å². The van der Waals surface area contributed by atoms with Crippen molar-refractivity contribution in [2.75, 3.05) is 7.11 Å². The fourth-order valence-electron chi connectivity index (χ4n) is 0.991. The summed E-state index contributed by atoms with van der Waals surface area (Å²) in [4.78, 5) is 2.97. The Labute approximate surface area is 99.0 Å². The fraction of sp³-hybridized carbons (Fsp3) is 0.286. The van der Waals surface area contributed by atoms with Crippen LogP contribution in [0.5, 0.6) is 17.4 Å². The van der Waals surface area contributed by atoms with Crippen LogP contribution in [0.15, 0.2) is 11.1 Å². The summed E-state index contributed by atoms with van der Waals surface area (Å²) in [7, 11) is -3.52. The smallest absolute Gasteiger partial charge is 0.505 e. The standard InChI is InChI=1S/C7H7F3N2O5S/c1-16-4-2-3(13)6(18(11,14)15)12-5(4)17-7(8,9)10/h2,13H,1H3,(H2,11,14,15). The van der Waals surface area contributed by atoms with Gasteiger partial charge in [0.1, 0.15) is 0 Å². The zero-order valence-electron chi connectivity index (χ0n) is 8.72. The topological polar surface area (TPSA) is 112 Å². The Balaban J connectivity index is 3.41. The first kappa shape index (κ1) is 14.3. The van der Waals surface area contributed by atoms with Gasteiger partial charge in [-0.25, -0.2) is 13.6 Å². The maximum absolute atomic E-state index is 12.0. The second-order valence-electron chi connectivity index (χ2n) is 2.91. The van der Waals surface area contributed by atoms with Crippen molar-refractivity contribution < 1.29 is 36.2 Å². The highest BCUT2D eigenvalue weighted by atomic mass is 32.2. The zero-order valence-corrected chi connectivity index (χ0v) is 9.54. The number of pyridine rings is 1. The van der Waals surface area contributed by atoms with Crippen molar-refractivity contribution in [1.29, 1.82) is 0 Å². The van der Waals surface area contributed by atoms with Gasteiger partial charge in [0.25, 0.3) is 15.9 Å². The van der Waals surface area contributed by atoms with Crippen LogP contribution in [-0.2, 0) is 10.0 Å². The van der Waals surface area contributed by atoms with E-state index in [0.29, 0.717) is 6.07 Å². The van der Waals surface area contributed by atoms with Gasteiger partial charge in [-0.05, 0) is 0 Å². The molecule has 0 aliphatic heterocycles. The molecule has 1 heterocycles. The number of aromatic hydroxyl groups is 1. The van der Waals surface area contributed by atoms with E-state index in [-0.39, 0.29) is 0 Å². The predicted molar refractivity (Wildman–Crippen MR) is 50.5 cm³/mol. The Kier molecular flexibility index (Phi) is 3.57. The van der Waals surface area contributed by atoms with E-state index in [1.807, 2.05) is 0 Å². The SMILES string of the molecule is COc1cc(O)c(S(N)(=O)=O)nc1OC(F)(F)F. The first-order valence-electron chi connectivity index (χ1n) is 4.11. The number of rotatable bonds is 3. The summed E-state index contributed by atoms with van der Waals surface area (Å²) in [5.74, 6) is -2.73. The van der Waals surface area contributed by atoms with E-state index in [1.165, 1.54) is 0 Å². The van der Waals surface area contributed by atoms with E-state index in [0.717, 1.165) is 7.11 Å². The predicted octanol–water partition coefficient (Wildman–Crippen LogP) is 0.342. The third-order valence-electron chi connectivity index (χ3n) is 1.60. The molecule has 0 fully saturated rings. The summed E-state index contributed by atoms with van der Waals surface area (Å²) < 4.78 is 65.9. The Bertz CT molecular complexity index is 557. The Hall–Kier alpha value is -1.75. The lowest BCUT2D eigenvalue weighted by atomic mass is 10.4. The molecule has 0 bridgehead atoms. The van der Waals surface area contributed by atoms with Crippen molar-refractivity contribution >= 4 is 10.0 Å². The fourth-order valence-corrected chi connectivity index (χ4v) is 1.55. The molecule has 11 heteroatoms. The lowest BCUT2D eigenvalue weighted by Gasteiger charge is -2.12. The van der Waals surface area contributed by atoms with E-state index in [2.05, 4.69) is 19.6 Å². The van der Waals surface area contributed by atoms with Crippen molar-refractivity contribution in [1.82, 2.24) is 4.98 Å². The average molecular weight is 288 g/mol. The van der Waals surface area contributed by atoms with Gasteiger partial charge in [0.05, 0.1) is 7.11 Å². The van der Waals surface area contributed by atoms with Crippen LogP contribution >= 0.6 is 0 Å². The zero-order chi connectivity index (χ0) is 14.1. The number of hydrogen-bond donors (Lipinski definition) is 2. The van der Waals surface area contributed by atoms with Crippen LogP contribution in [0.25, 0.3) is 0 Å². The lowest BCUT2D eigenvalue weighted by molar-refractivity contribution is -0.276. The molecule has 3 N–H and O–H groups in total. The molecule has 18 heavy (non-hydrogen) atoms. The normalized spacial score (nSPS) is 12.3. The number of ether oxygens (including phenoxy) is 2. The molecule has 1 aromatic rings. The molecular weight excluding hydrogens is 281 g/mol. The van der Waals surface area contributed by atoms with E-state index < -0.39 is 38.8 Å². The van der Waals surface area contributed by atoms with Crippen LogP contribution < -0.4 is 14.6 Å². The molecule has 0 amide bonds. The van der Waals surface area contributed by atoms with Crippen molar-refractivity contribution in [2.45, 2.75) is 11.4 Å². The van der Waals surface area contributed by atoms with Gasteiger partial charge in [0.2, 0.25) is 5.03 Å². The summed E-state index contributed by atoms with van der Waals surface area (Å²) in [5, 5.41) is 12.7. The summed E-state index contributed by atoms with van der Waals surface area (Å²) in [5.41, 5.74) is 0.